The van der Waals surface area contributed by atoms with Crippen molar-refractivity contribution in [1.29, 1.82) is 0 Å². The third kappa shape index (κ3) is 5.06. The largest absolute Gasteiger partial charge is 0.382 e. The summed E-state index contributed by atoms with van der Waals surface area (Å²) in [6, 6.07) is 0. The van der Waals surface area contributed by atoms with Crippen LogP contribution in [-0.4, -0.2) is 17.0 Å². The average molecular weight is 246 g/mol. The first kappa shape index (κ1) is 8.92. The highest BCUT2D eigenvalue weighted by molar-refractivity contribution is 9.24. The van der Waals surface area contributed by atoms with E-state index in [-0.39, 0.29) is 0 Å². The second-order valence-electron chi connectivity index (χ2n) is 1.67. The van der Waals surface area contributed by atoms with Crippen LogP contribution in [0.5, 0.6) is 0 Å². The predicted molar refractivity (Wildman–Crippen MR) is 42.7 cm³/mol. The maximum atomic E-state index is 5.00. The zero-order valence-electron chi connectivity index (χ0n) is 5.03. The predicted octanol–water partition coefficient (Wildman–Crippen LogP) is 2.53. The molecule has 0 radical (unpaired) electrons. The van der Waals surface area contributed by atoms with Gasteiger partial charge in [0.25, 0.3) is 0 Å². The van der Waals surface area contributed by atoms with Gasteiger partial charge in [-0.2, -0.15) is 0 Å². The first-order valence-corrected chi connectivity index (χ1v) is 4.31. The van der Waals surface area contributed by atoms with Crippen molar-refractivity contribution < 1.29 is 4.74 Å². The van der Waals surface area contributed by atoms with E-state index in [0.29, 0.717) is 9.84 Å². The minimum atomic E-state index is 0.332. The van der Waals surface area contributed by atoms with Gasteiger partial charge in [0.05, 0.1) is 9.84 Å². The molecule has 0 spiro atoms. The molecule has 0 aromatic heterocycles. The van der Waals surface area contributed by atoms with E-state index in [4.69, 9.17) is 4.74 Å². The van der Waals surface area contributed by atoms with Gasteiger partial charge in [0.2, 0.25) is 0 Å². The van der Waals surface area contributed by atoms with Crippen molar-refractivity contribution in [1.82, 2.24) is 0 Å². The monoisotopic (exact) mass is 244 g/mol. The Hall–Kier alpha value is 0.920. The highest BCUT2D eigenvalue weighted by atomic mass is 79.9. The molecule has 0 heterocycles. The van der Waals surface area contributed by atoms with E-state index in [0.717, 1.165) is 6.42 Å². The molecule has 0 aliphatic rings. The van der Waals surface area contributed by atoms with Gasteiger partial charge < -0.3 is 4.74 Å². The Labute approximate surface area is 67.0 Å². The van der Waals surface area contributed by atoms with Crippen molar-refractivity contribution in [3.05, 3.63) is 0 Å². The maximum Gasteiger partial charge on any atom is 0.0722 e. The maximum absolute atomic E-state index is 5.00. The number of hydrogen-bond donors (Lipinski definition) is 0. The van der Waals surface area contributed by atoms with Gasteiger partial charge in [0, 0.05) is 7.11 Å². The van der Waals surface area contributed by atoms with Gasteiger partial charge in [-0.05, 0) is 13.3 Å². The molecule has 50 valence electrons. The summed E-state index contributed by atoms with van der Waals surface area (Å²) in [7, 11) is 1.72. The Morgan fingerprint density at radius 3 is 2.12 bits per heavy atom. The van der Waals surface area contributed by atoms with Crippen LogP contribution in [0.3, 0.4) is 0 Å². The van der Waals surface area contributed by atoms with Crippen LogP contribution in [0.2, 0.25) is 0 Å². The Bertz CT molecular complexity index is 56.4. The smallest absolute Gasteiger partial charge is 0.0722 e. The molecule has 0 saturated carbocycles. The van der Waals surface area contributed by atoms with Crippen LogP contribution in [0.4, 0.5) is 0 Å². The molecule has 8 heavy (non-hydrogen) atoms. The first-order valence-electron chi connectivity index (χ1n) is 2.47. The van der Waals surface area contributed by atoms with Crippen molar-refractivity contribution in [3.8, 4) is 0 Å². The average Bonchev–Trinajstić information content (AvgIpc) is 1.65. The molecular formula is C5H10Br2O. The standard InChI is InChI=1S/C5H10Br2O/c1-4(8-2)3-5(6)7/h4-5H,3H2,1-2H3. The molecule has 0 bridgehead atoms. The molecule has 0 amide bonds. The lowest BCUT2D eigenvalue weighted by Crippen LogP contribution is -2.07. The third-order valence-electron chi connectivity index (χ3n) is 0.912. The minimum absolute atomic E-state index is 0.332. The van der Waals surface area contributed by atoms with E-state index < -0.39 is 0 Å². The Morgan fingerprint density at radius 2 is 2.00 bits per heavy atom. The van der Waals surface area contributed by atoms with Crippen LogP contribution in [0.25, 0.3) is 0 Å². The quantitative estimate of drug-likeness (QED) is 0.695. The summed E-state index contributed by atoms with van der Waals surface area (Å²) in [5, 5.41) is 0. The van der Waals surface area contributed by atoms with E-state index in [9.17, 15) is 0 Å². The van der Waals surface area contributed by atoms with Crippen LogP contribution in [-0.2, 0) is 4.74 Å². The zero-order chi connectivity index (χ0) is 6.57. The summed E-state index contributed by atoms with van der Waals surface area (Å²) >= 11 is 6.70. The molecule has 0 aliphatic heterocycles. The van der Waals surface area contributed by atoms with Crippen molar-refractivity contribution >= 4 is 31.9 Å². The van der Waals surface area contributed by atoms with Crippen molar-refractivity contribution in [3.63, 3.8) is 0 Å². The topological polar surface area (TPSA) is 9.23 Å². The van der Waals surface area contributed by atoms with Crippen LogP contribution in [0.1, 0.15) is 13.3 Å². The van der Waals surface area contributed by atoms with Crippen molar-refractivity contribution in [2.75, 3.05) is 7.11 Å². The number of ether oxygens (including phenoxy) is 1. The first-order chi connectivity index (χ1) is 3.66. The molecule has 3 heteroatoms. The highest BCUT2D eigenvalue weighted by Crippen LogP contribution is 2.15. The van der Waals surface area contributed by atoms with Gasteiger partial charge in [0.15, 0.2) is 0 Å². The fourth-order valence-electron chi connectivity index (χ4n) is 0.347. The summed E-state index contributed by atoms with van der Waals surface area (Å²) in [6.45, 7) is 2.04. The van der Waals surface area contributed by atoms with Crippen LogP contribution >= 0.6 is 31.9 Å². The normalized spacial score (nSPS) is 14.6. The van der Waals surface area contributed by atoms with E-state index in [1.54, 1.807) is 7.11 Å². The van der Waals surface area contributed by atoms with Gasteiger partial charge >= 0.3 is 0 Å². The zero-order valence-corrected chi connectivity index (χ0v) is 8.20. The number of halogens is 2. The number of rotatable bonds is 3. The molecule has 1 atom stereocenters. The Balaban J connectivity index is 3.10. The SMILES string of the molecule is COC(C)CC(Br)Br. The summed E-state index contributed by atoms with van der Waals surface area (Å²) in [6.07, 6.45) is 1.33. The lowest BCUT2D eigenvalue weighted by molar-refractivity contribution is 0.115. The Kier molecular flexibility index (Phi) is 5.31. The second kappa shape index (κ2) is 4.77. The molecular weight excluding hydrogens is 236 g/mol. The van der Waals surface area contributed by atoms with Crippen LogP contribution in [0.15, 0.2) is 0 Å². The van der Waals surface area contributed by atoms with Gasteiger partial charge in [0.1, 0.15) is 0 Å². The molecule has 0 aromatic carbocycles. The molecule has 0 rings (SSSR count). The van der Waals surface area contributed by atoms with Crippen molar-refractivity contribution in [2.45, 2.75) is 23.2 Å². The fourth-order valence-corrected chi connectivity index (χ4v) is 1.40. The lowest BCUT2D eigenvalue weighted by atomic mass is 10.3. The minimum Gasteiger partial charge on any atom is -0.382 e. The van der Waals surface area contributed by atoms with Crippen molar-refractivity contribution in [2.24, 2.45) is 0 Å². The molecule has 1 unspecified atom stereocenters. The molecule has 0 aromatic rings. The fraction of sp³-hybridized carbons (Fsp3) is 1.00. The van der Waals surface area contributed by atoms with E-state index in [2.05, 4.69) is 31.9 Å². The molecule has 0 fully saturated rings. The van der Waals surface area contributed by atoms with Gasteiger partial charge in [-0.25, -0.2) is 0 Å². The van der Waals surface area contributed by atoms with Crippen LogP contribution in [0, 0.1) is 0 Å². The third-order valence-corrected chi connectivity index (χ3v) is 1.66. The Morgan fingerprint density at radius 1 is 1.50 bits per heavy atom. The van der Waals surface area contributed by atoms with Crippen LogP contribution < -0.4 is 0 Å². The highest BCUT2D eigenvalue weighted by Gasteiger charge is 2.03. The number of hydrogen-bond acceptors (Lipinski definition) is 1. The van der Waals surface area contributed by atoms with E-state index >= 15 is 0 Å². The summed E-state index contributed by atoms with van der Waals surface area (Å²) < 4.78 is 5.38. The molecule has 0 N–H and O–H groups in total. The molecule has 0 aliphatic carbocycles. The van der Waals surface area contributed by atoms with Gasteiger partial charge in [-0.15, -0.1) is 0 Å². The van der Waals surface area contributed by atoms with E-state index in [1.165, 1.54) is 0 Å². The van der Waals surface area contributed by atoms with E-state index in [1.807, 2.05) is 6.92 Å². The number of methoxy groups -OCH3 is 1. The lowest BCUT2D eigenvalue weighted by Gasteiger charge is -2.08. The molecule has 1 nitrogen and oxygen atoms in total. The number of alkyl halides is 2. The van der Waals surface area contributed by atoms with Gasteiger partial charge in [-0.1, -0.05) is 31.9 Å². The second-order valence-corrected chi connectivity index (χ2v) is 5.11. The van der Waals surface area contributed by atoms with Gasteiger partial charge in [-0.3, -0.25) is 0 Å². The molecule has 0 saturated heterocycles. The summed E-state index contributed by atoms with van der Waals surface area (Å²) in [4.78, 5) is 0. The summed E-state index contributed by atoms with van der Waals surface area (Å²) in [5.41, 5.74) is 0. The summed E-state index contributed by atoms with van der Waals surface area (Å²) in [5.74, 6) is 0.